The second-order valence-electron chi connectivity index (χ2n) is 5.90. The molecule has 2 aromatic carbocycles. The maximum atomic E-state index is 3.52. The summed E-state index contributed by atoms with van der Waals surface area (Å²) in [7, 11) is 1.80. The van der Waals surface area contributed by atoms with Crippen molar-refractivity contribution < 1.29 is 0 Å². The molecule has 2 aromatic rings. The molecule has 0 bridgehead atoms. The maximum absolute atomic E-state index is 3.52. The smallest absolute Gasteiger partial charge is 0.0112 e. The minimum atomic E-state index is -0.289. The molecular formula is C19H26NP. The topological polar surface area (TPSA) is 12.0 Å². The van der Waals surface area contributed by atoms with Gasteiger partial charge in [0.1, 0.15) is 0 Å². The molecule has 0 aromatic heterocycles. The third-order valence-electron chi connectivity index (χ3n) is 3.70. The molecule has 0 unspecified atom stereocenters. The fraction of sp³-hybridized carbons (Fsp3) is 0.368. The van der Waals surface area contributed by atoms with Crippen molar-refractivity contribution in [1.82, 2.24) is 5.32 Å². The van der Waals surface area contributed by atoms with Crippen LogP contribution < -0.4 is 15.9 Å². The van der Waals surface area contributed by atoms with Gasteiger partial charge in [-0.1, -0.05) is 74.5 Å². The molecule has 0 fully saturated rings. The average Bonchev–Trinajstić information content (AvgIpc) is 2.52. The molecule has 1 N–H and O–H groups in total. The third kappa shape index (κ3) is 4.95. The molecule has 2 rings (SSSR count). The van der Waals surface area contributed by atoms with Gasteiger partial charge in [0.05, 0.1) is 0 Å². The summed E-state index contributed by atoms with van der Waals surface area (Å²) in [5.74, 6) is 0.728. The number of hydrogen-bond donors (Lipinski definition) is 1. The third-order valence-corrected chi connectivity index (χ3v) is 6.35. The van der Waals surface area contributed by atoms with E-state index in [2.05, 4.69) is 86.9 Å². The molecular weight excluding hydrogens is 273 g/mol. The van der Waals surface area contributed by atoms with E-state index < -0.39 is 0 Å². The summed E-state index contributed by atoms with van der Waals surface area (Å²) in [6, 6.07) is 22.5. The van der Waals surface area contributed by atoms with Crippen LogP contribution in [0.2, 0.25) is 0 Å². The van der Waals surface area contributed by atoms with Crippen LogP contribution in [0.5, 0.6) is 0 Å². The highest BCUT2D eigenvalue weighted by molar-refractivity contribution is 7.73. The first-order valence-corrected chi connectivity index (χ1v) is 9.28. The van der Waals surface area contributed by atoms with Crippen molar-refractivity contribution in [3.05, 3.63) is 60.7 Å². The molecule has 0 aliphatic rings. The highest BCUT2D eigenvalue weighted by Crippen LogP contribution is 2.35. The molecule has 0 amide bonds. The van der Waals surface area contributed by atoms with E-state index in [9.17, 15) is 0 Å². The van der Waals surface area contributed by atoms with E-state index in [1.807, 2.05) is 0 Å². The zero-order chi connectivity index (χ0) is 15.1. The summed E-state index contributed by atoms with van der Waals surface area (Å²) in [6.45, 7) is 4.61. The van der Waals surface area contributed by atoms with E-state index in [1.165, 1.54) is 23.2 Å². The predicted octanol–water partition coefficient (Wildman–Crippen LogP) is 3.75. The molecule has 0 saturated heterocycles. The second-order valence-corrected chi connectivity index (χ2v) is 8.15. The Kier molecular flexibility index (Phi) is 6.42. The fourth-order valence-corrected chi connectivity index (χ4v) is 5.21. The Morgan fingerprint density at radius 2 is 1.33 bits per heavy atom. The molecule has 0 heterocycles. The first-order chi connectivity index (χ1) is 10.2. The molecule has 0 saturated carbocycles. The van der Waals surface area contributed by atoms with Gasteiger partial charge in [-0.2, -0.15) is 0 Å². The summed E-state index contributed by atoms with van der Waals surface area (Å²) >= 11 is 0. The van der Waals surface area contributed by atoms with Gasteiger partial charge in [-0.15, -0.1) is 0 Å². The summed E-state index contributed by atoms with van der Waals surface area (Å²) in [5, 5.41) is 6.47. The van der Waals surface area contributed by atoms with Crippen LogP contribution in [0.4, 0.5) is 0 Å². The summed E-state index contributed by atoms with van der Waals surface area (Å²) in [4.78, 5) is 0. The van der Waals surface area contributed by atoms with Gasteiger partial charge in [-0.3, -0.25) is 0 Å². The van der Waals surface area contributed by atoms with E-state index >= 15 is 0 Å². The lowest BCUT2D eigenvalue weighted by molar-refractivity contribution is 0.473. The van der Waals surface area contributed by atoms with Crippen LogP contribution in [0.15, 0.2) is 60.7 Å². The van der Waals surface area contributed by atoms with Gasteiger partial charge in [0.2, 0.25) is 0 Å². The Morgan fingerprint density at radius 3 is 1.71 bits per heavy atom. The normalized spacial score (nSPS) is 12.8. The first kappa shape index (κ1) is 16.2. The fourth-order valence-electron chi connectivity index (χ4n) is 2.65. The molecule has 0 aliphatic heterocycles. The molecule has 21 heavy (non-hydrogen) atoms. The van der Waals surface area contributed by atoms with E-state index in [-0.39, 0.29) is 7.92 Å². The summed E-state index contributed by atoms with van der Waals surface area (Å²) < 4.78 is 0. The van der Waals surface area contributed by atoms with Gasteiger partial charge < -0.3 is 5.32 Å². The molecule has 2 heteroatoms. The van der Waals surface area contributed by atoms with Crippen molar-refractivity contribution in [2.45, 2.75) is 26.3 Å². The first-order valence-electron chi connectivity index (χ1n) is 7.75. The monoisotopic (exact) mass is 299 g/mol. The SMILES string of the molecule is CN[C@H](CC(C)C)CP(c1ccccc1)c1ccccc1. The average molecular weight is 299 g/mol. The molecule has 0 aliphatic carbocycles. The molecule has 112 valence electrons. The second kappa shape index (κ2) is 8.32. The van der Waals surface area contributed by atoms with Crippen molar-refractivity contribution >= 4 is 18.5 Å². The minimum Gasteiger partial charge on any atom is -0.317 e. The Balaban J connectivity index is 2.24. The van der Waals surface area contributed by atoms with Crippen molar-refractivity contribution in [2.75, 3.05) is 13.2 Å². The van der Waals surface area contributed by atoms with Gasteiger partial charge in [-0.25, -0.2) is 0 Å². The van der Waals surface area contributed by atoms with Crippen molar-refractivity contribution in [1.29, 1.82) is 0 Å². The van der Waals surface area contributed by atoms with Gasteiger partial charge in [0, 0.05) is 6.04 Å². The van der Waals surface area contributed by atoms with Crippen molar-refractivity contribution in [2.24, 2.45) is 5.92 Å². The highest BCUT2D eigenvalue weighted by Gasteiger charge is 2.19. The van der Waals surface area contributed by atoms with Crippen LogP contribution >= 0.6 is 7.92 Å². The van der Waals surface area contributed by atoms with Gasteiger partial charge in [0.15, 0.2) is 0 Å². The lowest BCUT2D eigenvalue weighted by Gasteiger charge is -2.26. The Labute approximate surface area is 130 Å². The Morgan fingerprint density at radius 1 is 0.857 bits per heavy atom. The molecule has 0 radical (unpaired) electrons. The largest absolute Gasteiger partial charge is 0.317 e. The quantitative estimate of drug-likeness (QED) is 0.768. The molecule has 0 spiro atoms. The van der Waals surface area contributed by atoms with Crippen LogP contribution in [0.25, 0.3) is 0 Å². The lowest BCUT2D eigenvalue weighted by Crippen LogP contribution is -2.32. The van der Waals surface area contributed by atoms with Crippen LogP contribution in [0, 0.1) is 5.92 Å². The lowest BCUT2D eigenvalue weighted by atomic mass is 10.1. The number of rotatable bonds is 7. The van der Waals surface area contributed by atoms with E-state index in [0.29, 0.717) is 6.04 Å². The predicted molar refractivity (Wildman–Crippen MR) is 96.2 cm³/mol. The summed E-state index contributed by atoms with van der Waals surface area (Å²) in [6.07, 6.45) is 2.44. The number of nitrogens with one attached hydrogen (secondary N) is 1. The van der Waals surface area contributed by atoms with Crippen LogP contribution in [-0.2, 0) is 0 Å². The zero-order valence-corrected chi connectivity index (χ0v) is 14.2. The van der Waals surface area contributed by atoms with Crippen LogP contribution in [0.3, 0.4) is 0 Å². The zero-order valence-electron chi connectivity index (χ0n) is 13.3. The minimum absolute atomic E-state index is 0.289. The number of benzene rings is 2. The van der Waals surface area contributed by atoms with Crippen molar-refractivity contribution in [3.63, 3.8) is 0 Å². The standard InChI is InChI=1S/C19H26NP/c1-16(2)14-17(20-3)15-21(18-10-6-4-7-11-18)19-12-8-5-9-13-19/h4-13,16-17,20H,14-15H2,1-3H3/t17-/m1/s1. The van der Waals surface area contributed by atoms with Gasteiger partial charge in [-0.05, 0) is 44.1 Å². The molecule has 1 nitrogen and oxygen atoms in total. The van der Waals surface area contributed by atoms with Crippen molar-refractivity contribution in [3.8, 4) is 0 Å². The van der Waals surface area contributed by atoms with E-state index in [4.69, 9.17) is 0 Å². The molecule has 1 atom stereocenters. The van der Waals surface area contributed by atoms with Crippen LogP contribution in [-0.4, -0.2) is 19.3 Å². The summed E-state index contributed by atoms with van der Waals surface area (Å²) in [5.41, 5.74) is 0. The maximum Gasteiger partial charge on any atom is 0.0112 e. The Hall–Kier alpha value is -1.17. The van der Waals surface area contributed by atoms with E-state index in [0.717, 1.165) is 5.92 Å². The highest BCUT2D eigenvalue weighted by atomic mass is 31.1. The van der Waals surface area contributed by atoms with E-state index in [1.54, 1.807) is 0 Å². The number of hydrogen-bond acceptors (Lipinski definition) is 1. The Bertz CT molecular complexity index is 470. The van der Waals surface area contributed by atoms with Gasteiger partial charge >= 0.3 is 0 Å². The van der Waals surface area contributed by atoms with Crippen LogP contribution in [0.1, 0.15) is 20.3 Å². The van der Waals surface area contributed by atoms with Gasteiger partial charge in [0.25, 0.3) is 0 Å².